The van der Waals surface area contributed by atoms with E-state index in [1.54, 1.807) is 0 Å². The van der Waals surface area contributed by atoms with Crippen LogP contribution < -0.4 is 10.6 Å². The third-order valence-electron chi connectivity index (χ3n) is 3.35. The Morgan fingerprint density at radius 3 is 3.00 bits per heavy atom. The van der Waals surface area contributed by atoms with Gasteiger partial charge in [-0.05, 0) is 32.2 Å². The first-order valence-corrected chi connectivity index (χ1v) is 4.96. The molecule has 1 aliphatic heterocycles. The lowest BCUT2D eigenvalue weighted by Crippen LogP contribution is -2.63. The van der Waals surface area contributed by atoms with Crippen molar-refractivity contribution in [3.8, 4) is 0 Å². The highest BCUT2D eigenvalue weighted by Crippen LogP contribution is 2.39. The fourth-order valence-corrected chi connectivity index (χ4v) is 2.38. The van der Waals surface area contributed by atoms with E-state index in [4.69, 9.17) is 0 Å². The van der Waals surface area contributed by atoms with Gasteiger partial charge in [-0.25, -0.2) is 0 Å². The van der Waals surface area contributed by atoms with Gasteiger partial charge in [0.1, 0.15) is 6.23 Å². The minimum absolute atomic E-state index is 0.245. The first-order chi connectivity index (χ1) is 5.77. The van der Waals surface area contributed by atoms with E-state index < -0.39 is 0 Å². The van der Waals surface area contributed by atoms with Crippen LogP contribution in [0, 0.1) is 0 Å². The molecule has 1 heterocycles. The Labute approximate surface area is 73.5 Å². The van der Waals surface area contributed by atoms with Crippen molar-refractivity contribution < 1.29 is 5.11 Å². The van der Waals surface area contributed by atoms with Crippen molar-refractivity contribution in [2.24, 2.45) is 0 Å². The SMILES string of the molecule is CCC(O)NC12CCNC1CC2. The molecule has 0 bridgehead atoms. The average molecular weight is 170 g/mol. The summed E-state index contributed by atoms with van der Waals surface area (Å²) >= 11 is 0. The van der Waals surface area contributed by atoms with Crippen molar-refractivity contribution in [2.45, 2.75) is 50.4 Å². The molecule has 70 valence electrons. The van der Waals surface area contributed by atoms with Gasteiger partial charge in [-0.2, -0.15) is 0 Å². The minimum atomic E-state index is -0.312. The van der Waals surface area contributed by atoms with Crippen LogP contribution in [-0.2, 0) is 0 Å². The van der Waals surface area contributed by atoms with Gasteiger partial charge in [-0.15, -0.1) is 0 Å². The van der Waals surface area contributed by atoms with E-state index in [9.17, 15) is 5.11 Å². The topological polar surface area (TPSA) is 44.3 Å². The van der Waals surface area contributed by atoms with Gasteiger partial charge in [-0.3, -0.25) is 5.32 Å². The fraction of sp³-hybridized carbons (Fsp3) is 1.00. The molecule has 1 aliphatic carbocycles. The van der Waals surface area contributed by atoms with Crippen LogP contribution in [0.1, 0.15) is 32.6 Å². The second-order valence-corrected chi connectivity index (χ2v) is 4.02. The van der Waals surface area contributed by atoms with Crippen LogP contribution in [0.4, 0.5) is 0 Å². The second kappa shape index (κ2) is 2.98. The van der Waals surface area contributed by atoms with Gasteiger partial charge in [-0.1, -0.05) is 6.92 Å². The van der Waals surface area contributed by atoms with Gasteiger partial charge in [0.15, 0.2) is 0 Å². The van der Waals surface area contributed by atoms with E-state index in [2.05, 4.69) is 10.6 Å². The molecule has 0 aromatic carbocycles. The molecule has 3 unspecified atom stereocenters. The Kier molecular flexibility index (Phi) is 2.10. The molecular formula is C9H18N2O. The molecule has 2 aliphatic rings. The number of rotatable bonds is 3. The highest BCUT2D eigenvalue weighted by atomic mass is 16.3. The average Bonchev–Trinajstić information content (AvgIpc) is 2.31. The first-order valence-electron chi connectivity index (χ1n) is 4.96. The largest absolute Gasteiger partial charge is 0.379 e. The van der Waals surface area contributed by atoms with Crippen molar-refractivity contribution in [3.63, 3.8) is 0 Å². The molecule has 3 N–H and O–H groups in total. The van der Waals surface area contributed by atoms with Crippen LogP contribution in [-0.4, -0.2) is 29.5 Å². The quantitative estimate of drug-likeness (QED) is 0.530. The van der Waals surface area contributed by atoms with Crippen molar-refractivity contribution in [2.75, 3.05) is 6.54 Å². The van der Waals surface area contributed by atoms with Gasteiger partial charge in [0.05, 0.1) is 0 Å². The maximum atomic E-state index is 9.50. The molecule has 0 aromatic heterocycles. The lowest BCUT2D eigenvalue weighted by atomic mass is 9.72. The summed E-state index contributed by atoms with van der Waals surface area (Å²) in [5.74, 6) is 0. The number of aliphatic hydroxyl groups is 1. The zero-order valence-electron chi connectivity index (χ0n) is 7.64. The monoisotopic (exact) mass is 170 g/mol. The number of hydrogen-bond donors (Lipinski definition) is 3. The molecule has 2 fully saturated rings. The second-order valence-electron chi connectivity index (χ2n) is 4.02. The zero-order valence-corrected chi connectivity index (χ0v) is 7.64. The molecule has 0 amide bonds. The number of hydrogen-bond acceptors (Lipinski definition) is 3. The number of fused-ring (bicyclic) bond motifs is 1. The smallest absolute Gasteiger partial charge is 0.105 e. The molecular weight excluding hydrogens is 152 g/mol. The fourth-order valence-electron chi connectivity index (χ4n) is 2.38. The summed E-state index contributed by atoms with van der Waals surface area (Å²) < 4.78 is 0. The summed E-state index contributed by atoms with van der Waals surface area (Å²) in [7, 11) is 0. The molecule has 0 aromatic rings. The summed E-state index contributed by atoms with van der Waals surface area (Å²) in [6, 6.07) is 0.624. The van der Waals surface area contributed by atoms with Crippen molar-refractivity contribution in [1.82, 2.24) is 10.6 Å². The van der Waals surface area contributed by atoms with Crippen LogP contribution in [0.25, 0.3) is 0 Å². The van der Waals surface area contributed by atoms with E-state index in [-0.39, 0.29) is 11.8 Å². The van der Waals surface area contributed by atoms with Crippen LogP contribution in [0.3, 0.4) is 0 Å². The summed E-state index contributed by atoms with van der Waals surface area (Å²) in [5.41, 5.74) is 0.245. The molecule has 0 radical (unpaired) electrons. The molecule has 3 heteroatoms. The third kappa shape index (κ3) is 1.16. The Bertz CT molecular complexity index is 174. The minimum Gasteiger partial charge on any atom is -0.379 e. The third-order valence-corrected chi connectivity index (χ3v) is 3.35. The molecule has 3 nitrogen and oxygen atoms in total. The van der Waals surface area contributed by atoms with E-state index in [1.165, 1.54) is 19.3 Å². The van der Waals surface area contributed by atoms with Crippen LogP contribution in [0.15, 0.2) is 0 Å². The maximum Gasteiger partial charge on any atom is 0.105 e. The van der Waals surface area contributed by atoms with Crippen molar-refractivity contribution >= 4 is 0 Å². The first kappa shape index (κ1) is 8.48. The van der Waals surface area contributed by atoms with Crippen LogP contribution >= 0.6 is 0 Å². The molecule has 0 spiro atoms. The summed E-state index contributed by atoms with van der Waals surface area (Å²) in [6.45, 7) is 3.11. The van der Waals surface area contributed by atoms with Gasteiger partial charge in [0, 0.05) is 11.6 Å². The normalized spacial score (nSPS) is 42.0. The number of nitrogens with one attached hydrogen (secondary N) is 2. The Hall–Kier alpha value is -0.120. The van der Waals surface area contributed by atoms with Crippen molar-refractivity contribution in [1.29, 1.82) is 0 Å². The molecule has 3 atom stereocenters. The maximum absolute atomic E-state index is 9.50. The van der Waals surface area contributed by atoms with Gasteiger partial charge >= 0.3 is 0 Å². The summed E-state index contributed by atoms with van der Waals surface area (Å²) in [6.07, 6.45) is 4.15. The van der Waals surface area contributed by atoms with E-state index in [1.807, 2.05) is 6.92 Å². The highest BCUT2D eigenvalue weighted by Gasteiger charge is 2.50. The molecule has 1 saturated carbocycles. The standard InChI is InChI=1S/C9H18N2O/c1-2-8(12)11-9-4-3-7(9)10-6-5-9/h7-8,10-12H,2-6H2,1H3. The van der Waals surface area contributed by atoms with Gasteiger partial charge in [0.25, 0.3) is 0 Å². The lowest BCUT2D eigenvalue weighted by molar-refractivity contribution is 0.0449. The van der Waals surface area contributed by atoms with Crippen molar-refractivity contribution in [3.05, 3.63) is 0 Å². The lowest BCUT2D eigenvalue weighted by Gasteiger charge is -2.46. The van der Waals surface area contributed by atoms with E-state index >= 15 is 0 Å². The molecule has 2 rings (SSSR count). The Morgan fingerprint density at radius 2 is 2.50 bits per heavy atom. The summed E-state index contributed by atoms with van der Waals surface area (Å²) in [4.78, 5) is 0. The van der Waals surface area contributed by atoms with Crippen LogP contribution in [0.5, 0.6) is 0 Å². The summed E-state index contributed by atoms with van der Waals surface area (Å²) in [5, 5.41) is 16.3. The van der Waals surface area contributed by atoms with E-state index in [0.29, 0.717) is 6.04 Å². The highest BCUT2D eigenvalue weighted by molar-refractivity contribution is 5.12. The van der Waals surface area contributed by atoms with E-state index in [0.717, 1.165) is 13.0 Å². The van der Waals surface area contributed by atoms with Gasteiger partial charge < -0.3 is 10.4 Å². The zero-order chi connectivity index (χ0) is 8.60. The Balaban J connectivity index is 1.93. The predicted octanol–water partition coefficient (Wildman–Crippen LogP) is 0.199. The van der Waals surface area contributed by atoms with Crippen LogP contribution in [0.2, 0.25) is 0 Å². The predicted molar refractivity (Wildman–Crippen MR) is 47.8 cm³/mol. The molecule has 1 saturated heterocycles. The number of aliphatic hydroxyl groups excluding tert-OH is 1. The molecule has 12 heavy (non-hydrogen) atoms. The Morgan fingerprint density at radius 1 is 1.67 bits per heavy atom. The van der Waals surface area contributed by atoms with Gasteiger partial charge in [0.2, 0.25) is 0 Å².